The van der Waals surface area contributed by atoms with Gasteiger partial charge < -0.3 is 20.1 Å². The maximum atomic E-state index is 13.0. The molecule has 1 aliphatic rings. The summed E-state index contributed by atoms with van der Waals surface area (Å²) in [6.07, 6.45) is -2.38. The Kier molecular flexibility index (Phi) is 7.14. The lowest BCUT2D eigenvalue weighted by atomic mass is 9.93. The largest absolute Gasteiger partial charge is 0.490 e. The normalized spacial score (nSPS) is 14.4. The molecule has 0 unspecified atom stereocenters. The van der Waals surface area contributed by atoms with Crippen LogP contribution in [0.5, 0.6) is 0 Å². The zero-order valence-electron chi connectivity index (χ0n) is 19.2. The molecule has 1 aliphatic heterocycles. The molecule has 1 saturated heterocycles. The van der Waals surface area contributed by atoms with Gasteiger partial charge in [-0.2, -0.15) is 18.3 Å². The van der Waals surface area contributed by atoms with E-state index in [0.717, 1.165) is 36.1 Å². The number of aromatic amines is 2. The van der Waals surface area contributed by atoms with Gasteiger partial charge in [0.05, 0.1) is 16.6 Å². The molecular formula is C24H22F3N5O5. The van der Waals surface area contributed by atoms with E-state index in [-0.39, 0.29) is 11.6 Å². The van der Waals surface area contributed by atoms with Crippen molar-refractivity contribution >= 4 is 39.8 Å². The number of likely N-dealkylation sites (tertiary alicyclic amines) is 1. The van der Waals surface area contributed by atoms with E-state index >= 15 is 0 Å². The number of rotatable bonds is 4. The van der Waals surface area contributed by atoms with E-state index in [1.165, 1.54) is 0 Å². The topological polar surface area (TPSA) is 152 Å². The summed E-state index contributed by atoms with van der Waals surface area (Å²) in [6.45, 7) is 1.36. The van der Waals surface area contributed by atoms with Gasteiger partial charge in [-0.05, 0) is 49.1 Å². The van der Waals surface area contributed by atoms with Gasteiger partial charge in [0.15, 0.2) is 5.69 Å². The molecule has 2 aromatic carbocycles. The zero-order chi connectivity index (χ0) is 26.7. The first-order valence-corrected chi connectivity index (χ1v) is 11.3. The van der Waals surface area contributed by atoms with E-state index in [4.69, 9.17) is 9.90 Å². The molecule has 0 saturated carbocycles. The molecule has 1 amide bonds. The summed E-state index contributed by atoms with van der Waals surface area (Å²) in [7, 11) is 0. The van der Waals surface area contributed by atoms with Crippen LogP contribution in [0, 0.1) is 5.92 Å². The second-order valence-electron chi connectivity index (χ2n) is 8.58. The fourth-order valence-electron chi connectivity index (χ4n) is 4.21. The van der Waals surface area contributed by atoms with Gasteiger partial charge >= 0.3 is 18.1 Å². The van der Waals surface area contributed by atoms with Crippen molar-refractivity contribution in [3.63, 3.8) is 0 Å². The summed E-state index contributed by atoms with van der Waals surface area (Å²) in [4.78, 5) is 43.1. The molecule has 1 fully saturated rings. The second kappa shape index (κ2) is 10.3. The van der Waals surface area contributed by atoms with Gasteiger partial charge in [0.1, 0.15) is 5.82 Å². The van der Waals surface area contributed by atoms with Crippen LogP contribution in [-0.4, -0.2) is 72.4 Å². The third-order valence-electron chi connectivity index (χ3n) is 6.08. The number of carboxylic acids is 2. The number of carbonyl (C=O) groups is 3. The van der Waals surface area contributed by atoms with Crippen molar-refractivity contribution in [2.75, 3.05) is 13.1 Å². The number of fused-ring (bicyclic) bond motifs is 2. The Balaban J connectivity index is 0.000000405. The molecule has 4 aromatic rings. The SMILES string of the molecule is O=C(O)C(F)(F)F.O=C(O)c1n[nH]c2ccc(C(=O)N3CCC(Cc4nc5ccccc5[nH]4)CC3)cc12. The number of imidazole rings is 1. The van der Waals surface area contributed by atoms with E-state index in [0.29, 0.717) is 35.5 Å². The Hall–Kier alpha value is -4.42. The number of aromatic carboxylic acids is 1. The van der Waals surface area contributed by atoms with Gasteiger partial charge in [0.2, 0.25) is 0 Å². The van der Waals surface area contributed by atoms with Crippen molar-refractivity contribution in [3.05, 3.63) is 59.5 Å². The summed E-state index contributed by atoms with van der Waals surface area (Å²) in [6, 6.07) is 13.0. The van der Waals surface area contributed by atoms with Crippen molar-refractivity contribution in [2.24, 2.45) is 5.92 Å². The Labute approximate surface area is 207 Å². The second-order valence-corrected chi connectivity index (χ2v) is 8.58. The molecule has 4 N–H and O–H groups in total. The van der Waals surface area contributed by atoms with Crippen LogP contribution in [0.25, 0.3) is 21.9 Å². The smallest absolute Gasteiger partial charge is 0.476 e. The van der Waals surface area contributed by atoms with Crippen LogP contribution in [0.4, 0.5) is 13.2 Å². The molecule has 0 spiro atoms. The highest BCUT2D eigenvalue weighted by Gasteiger charge is 2.38. The number of alkyl halides is 3. The van der Waals surface area contributed by atoms with Crippen LogP contribution in [-0.2, 0) is 11.2 Å². The van der Waals surface area contributed by atoms with Gasteiger partial charge in [-0.25, -0.2) is 14.6 Å². The van der Waals surface area contributed by atoms with E-state index in [1.807, 2.05) is 29.2 Å². The summed E-state index contributed by atoms with van der Waals surface area (Å²) in [5.74, 6) is -2.47. The summed E-state index contributed by atoms with van der Waals surface area (Å²) in [5.41, 5.74) is 3.06. The first kappa shape index (κ1) is 25.7. The number of aliphatic carboxylic acids is 1. The minimum atomic E-state index is -5.08. The van der Waals surface area contributed by atoms with Crippen LogP contribution in [0.3, 0.4) is 0 Å². The fourth-order valence-corrected chi connectivity index (χ4v) is 4.21. The Morgan fingerprint density at radius 2 is 1.70 bits per heavy atom. The van der Waals surface area contributed by atoms with Gasteiger partial charge in [-0.3, -0.25) is 9.89 Å². The number of halogens is 3. The first-order valence-electron chi connectivity index (χ1n) is 11.3. The van der Waals surface area contributed by atoms with Crippen molar-refractivity contribution in [1.82, 2.24) is 25.1 Å². The molecule has 37 heavy (non-hydrogen) atoms. The minimum Gasteiger partial charge on any atom is -0.476 e. The highest BCUT2D eigenvalue weighted by molar-refractivity contribution is 6.04. The molecule has 5 rings (SSSR count). The summed E-state index contributed by atoms with van der Waals surface area (Å²) < 4.78 is 31.7. The molecule has 0 atom stereocenters. The van der Waals surface area contributed by atoms with E-state index < -0.39 is 18.1 Å². The molecule has 2 aromatic heterocycles. The number of nitrogens with one attached hydrogen (secondary N) is 2. The molecule has 13 heteroatoms. The standard InChI is InChI=1S/C22H21N5O3.C2HF3O2/c28-21(14-5-6-16-15(12-14)20(22(29)30)26-25-16)27-9-7-13(8-10-27)11-19-23-17-3-1-2-4-18(17)24-19;3-2(4,5)1(6)7/h1-6,12-13H,7-11H2,(H,23,24)(H,25,26)(H,29,30);(H,6,7). The number of nitrogens with zero attached hydrogens (tertiary/aromatic N) is 3. The van der Waals surface area contributed by atoms with E-state index in [2.05, 4.69) is 20.2 Å². The maximum absolute atomic E-state index is 13.0. The van der Waals surface area contributed by atoms with E-state index in [9.17, 15) is 27.9 Å². The number of para-hydroxylation sites is 2. The third kappa shape index (κ3) is 5.88. The van der Waals surface area contributed by atoms with Crippen LogP contribution < -0.4 is 0 Å². The van der Waals surface area contributed by atoms with Gasteiger partial charge in [-0.1, -0.05) is 12.1 Å². The number of hydrogen-bond donors (Lipinski definition) is 4. The predicted octanol–water partition coefficient (Wildman–Crippen LogP) is 3.87. The number of H-pyrrole nitrogens is 2. The van der Waals surface area contributed by atoms with Crippen LogP contribution in [0.2, 0.25) is 0 Å². The van der Waals surface area contributed by atoms with Crippen LogP contribution >= 0.6 is 0 Å². The summed E-state index contributed by atoms with van der Waals surface area (Å²) in [5, 5.41) is 23.3. The van der Waals surface area contributed by atoms with Crippen LogP contribution in [0.15, 0.2) is 42.5 Å². The molecule has 0 bridgehead atoms. The number of carboxylic acid groups (broad SMARTS) is 2. The molecule has 194 valence electrons. The van der Waals surface area contributed by atoms with Gasteiger partial charge in [0, 0.05) is 30.5 Å². The Morgan fingerprint density at radius 1 is 1.03 bits per heavy atom. The molecule has 3 heterocycles. The monoisotopic (exact) mass is 517 g/mol. The Bertz CT molecular complexity index is 1420. The molecule has 0 aliphatic carbocycles. The van der Waals surface area contributed by atoms with Gasteiger partial charge in [0.25, 0.3) is 5.91 Å². The molecular weight excluding hydrogens is 495 g/mol. The fraction of sp³-hybridized carbons (Fsp3) is 0.292. The van der Waals surface area contributed by atoms with Crippen molar-refractivity contribution in [2.45, 2.75) is 25.4 Å². The maximum Gasteiger partial charge on any atom is 0.490 e. The number of piperidine rings is 1. The van der Waals surface area contributed by atoms with Crippen molar-refractivity contribution in [3.8, 4) is 0 Å². The minimum absolute atomic E-state index is 0.0656. The predicted molar refractivity (Wildman–Crippen MR) is 125 cm³/mol. The van der Waals surface area contributed by atoms with Crippen molar-refractivity contribution < 1.29 is 37.8 Å². The first-order chi connectivity index (χ1) is 17.5. The average Bonchev–Trinajstić information content (AvgIpc) is 3.47. The van der Waals surface area contributed by atoms with E-state index in [1.54, 1.807) is 18.2 Å². The van der Waals surface area contributed by atoms with Crippen LogP contribution in [0.1, 0.15) is 39.5 Å². The lowest BCUT2D eigenvalue weighted by Gasteiger charge is -2.31. The number of benzene rings is 2. The highest BCUT2D eigenvalue weighted by atomic mass is 19.4. The number of hydrogen-bond acceptors (Lipinski definition) is 5. The number of amides is 1. The lowest BCUT2D eigenvalue weighted by molar-refractivity contribution is -0.192. The quantitative estimate of drug-likeness (QED) is 0.321. The summed E-state index contributed by atoms with van der Waals surface area (Å²) >= 11 is 0. The number of carbonyl (C=O) groups excluding carboxylic acids is 1. The Morgan fingerprint density at radius 3 is 2.32 bits per heavy atom. The lowest BCUT2D eigenvalue weighted by Crippen LogP contribution is -2.39. The third-order valence-corrected chi connectivity index (χ3v) is 6.08. The zero-order valence-corrected chi connectivity index (χ0v) is 19.2. The molecule has 10 nitrogen and oxygen atoms in total. The highest BCUT2D eigenvalue weighted by Crippen LogP contribution is 2.25. The molecule has 0 radical (unpaired) electrons. The van der Waals surface area contributed by atoms with Gasteiger partial charge in [-0.15, -0.1) is 0 Å². The average molecular weight is 517 g/mol. The number of aromatic nitrogens is 4. The van der Waals surface area contributed by atoms with Crippen molar-refractivity contribution in [1.29, 1.82) is 0 Å².